The Balaban J connectivity index is 1.90. The average Bonchev–Trinajstić information content (AvgIpc) is 2.89. The molecule has 5 heteroatoms. The van der Waals surface area contributed by atoms with E-state index in [1.54, 1.807) is 7.11 Å². The first kappa shape index (κ1) is 17.7. The minimum atomic E-state index is -0.118. The van der Waals surface area contributed by atoms with Crippen LogP contribution in [0.1, 0.15) is 30.9 Å². The van der Waals surface area contributed by atoms with Crippen LogP contribution in [0.3, 0.4) is 0 Å². The summed E-state index contributed by atoms with van der Waals surface area (Å²) in [4.78, 5) is 15.0. The normalized spacial score (nSPS) is 16.2. The fourth-order valence-corrected chi connectivity index (χ4v) is 3.90. The molecule has 1 heterocycles. The molecular formula is C20H19NO2S2. The summed E-state index contributed by atoms with van der Waals surface area (Å²) in [5, 5.41) is 0. The van der Waals surface area contributed by atoms with E-state index < -0.39 is 0 Å². The van der Waals surface area contributed by atoms with Gasteiger partial charge in [-0.2, -0.15) is 0 Å². The lowest BCUT2D eigenvalue weighted by Crippen LogP contribution is -2.27. The number of para-hydroxylation sites is 2. The Morgan fingerprint density at radius 1 is 1.12 bits per heavy atom. The van der Waals surface area contributed by atoms with E-state index in [2.05, 4.69) is 26.0 Å². The van der Waals surface area contributed by atoms with Gasteiger partial charge in [0.25, 0.3) is 5.91 Å². The Labute approximate surface area is 157 Å². The van der Waals surface area contributed by atoms with Gasteiger partial charge in [-0.25, -0.2) is 0 Å². The smallest absolute Gasteiger partial charge is 0.270 e. The van der Waals surface area contributed by atoms with Crippen LogP contribution in [-0.4, -0.2) is 17.3 Å². The number of benzene rings is 2. The first-order valence-corrected chi connectivity index (χ1v) is 9.24. The molecule has 2 aromatic carbocycles. The predicted molar refractivity (Wildman–Crippen MR) is 109 cm³/mol. The van der Waals surface area contributed by atoms with Crippen molar-refractivity contribution in [1.29, 1.82) is 0 Å². The fourth-order valence-electron chi connectivity index (χ4n) is 2.62. The van der Waals surface area contributed by atoms with Crippen LogP contribution in [0.25, 0.3) is 6.08 Å². The maximum Gasteiger partial charge on any atom is 0.270 e. The number of nitrogens with zero attached hydrogens (tertiary/aromatic N) is 1. The average molecular weight is 370 g/mol. The van der Waals surface area contributed by atoms with Crippen LogP contribution in [-0.2, 0) is 4.79 Å². The van der Waals surface area contributed by atoms with Crippen molar-refractivity contribution in [2.24, 2.45) is 0 Å². The third-order valence-corrected chi connectivity index (χ3v) is 5.32. The van der Waals surface area contributed by atoms with Crippen molar-refractivity contribution in [3.63, 3.8) is 0 Å². The quantitative estimate of drug-likeness (QED) is 0.545. The summed E-state index contributed by atoms with van der Waals surface area (Å²) in [6, 6.07) is 15.6. The number of hydrogen-bond acceptors (Lipinski definition) is 4. The Morgan fingerprint density at radius 3 is 2.44 bits per heavy atom. The second-order valence-electron chi connectivity index (χ2n) is 6.01. The highest BCUT2D eigenvalue weighted by Gasteiger charge is 2.34. The number of rotatable bonds is 4. The predicted octanol–water partition coefficient (Wildman–Crippen LogP) is 5.22. The zero-order chi connectivity index (χ0) is 18.0. The molecule has 1 fully saturated rings. The van der Waals surface area contributed by atoms with Crippen LogP contribution < -0.4 is 9.64 Å². The van der Waals surface area contributed by atoms with E-state index in [1.165, 1.54) is 22.2 Å². The molecule has 0 aliphatic carbocycles. The van der Waals surface area contributed by atoms with Crippen molar-refractivity contribution in [2.75, 3.05) is 12.0 Å². The van der Waals surface area contributed by atoms with Gasteiger partial charge in [0.1, 0.15) is 5.75 Å². The summed E-state index contributed by atoms with van der Waals surface area (Å²) < 4.78 is 5.87. The second kappa shape index (κ2) is 7.42. The molecule has 1 aliphatic heterocycles. The van der Waals surface area contributed by atoms with Gasteiger partial charge in [0.15, 0.2) is 4.32 Å². The van der Waals surface area contributed by atoms with Gasteiger partial charge in [0.2, 0.25) is 0 Å². The van der Waals surface area contributed by atoms with E-state index in [4.69, 9.17) is 17.0 Å². The Morgan fingerprint density at radius 2 is 1.80 bits per heavy atom. The van der Waals surface area contributed by atoms with Gasteiger partial charge in [-0.1, -0.05) is 74.2 Å². The number of thiocarbonyl (C=S) groups is 1. The summed E-state index contributed by atoms with van der Waals surface area (Å²) in [5.41, 5.74) is 2.94. The molecule has 0 saturated carbocycles. The van der Waals surface area contributed by atoms with Crippen molar-refractivity contribution in [3.8, 4) is 5.75 Å². The maximum absolute atomic E-state index is 12.9. The molecule has 1 saturated heterocycles. The van der Waals surface area contributed by atoms with Crippen LogP contribution in [0, 0.1) is 0 Å². The number of anilines is 1. The highest BCUT2D eigenvalue weighted by molar-refractivity contribution is 8.27. The molecule has 3 nitrogen and oxygen atoms in total. The maximum atomic E-state index is 12.9. The Bertz CT molecular complexity index is 841. The molecule has 2 aromatic rings. The van der Waals surface area contributed by atoms with E-state index in [0.29, 0.717) is 26.6 Å². The molecule has 0 unspecified atom stereocenters. The van der Waals surface area contributed by atoms with E-state index in [9.17, 15) is 4.79 Å². The number of ether oxygens (including phenoxy) is 1. The van der Waals surface area contributed by atoms with Crippen LogP contribution in [0.15, 0.2) is 53.4 Å². The van der Waals surface area contributed by atoms with Crippen molar-refractivity contribution >= 4 is 46.0 Å². The SMILES string of the molecule is COc1ccccc1N1C(=O)C(=Cc2ccc(C(C)C)cc2)SC1=S. The van der Waals surface area contributed by atoms with Crippen molar-refractivity contribution in [2.45, 2.75) is 19.8 Å². The van der Waals surface area contributed by atoms with Gasteiger partial charge in [-0.15, -0.1) is 0 Å². The molecule has 3 rings (SSSR count). The highest BCUT2D eigenvalue weighted by Crippen LogP contribution is 2.39. The summed E-state index contributed by atoms with van der Waals surface area (Å²) in [6.07, 6.45) is 1.89. The molecule has 1 aliphatic rings. The molecule has 128 valence electrons. The number of methoxy groups -OCH3 is 1. The zero-order valence-corrected chi connectivity index (χ0v) is 16.0. The van der Waals surface area contributed by atoms with E-state index in [0.717, 1.165) is 5.56 Å². The van der Waals surface area contributed by atoms with Crippen LogP contribution >= 0.6 is 24.0 Å². The van der Waals surface area contributed by atoms with Gasteiger partial charge in [-0.3, -0.25) is 9.69 Å². The highest BCUT2D eigenvalue weighted by atomic mass is 32.2. The van der Waals surface area contributed by atoms with Crippen molar-refractivity contribution in [3.05, 3.63) is 64.6 Å². The Kier molecular flexibility index (Phi) is 5.25. The molecular weight excluding hydrogens is 350 g/mol. The second-order valence-corrected chi connectivity index (χ2v) is 7.69. The monoisotopic (exact) mass is 369 g/mol. The lowest BCUT2D eigenvalue weighted by Gasteiger charge is -2.17. The zero-order valence-electron chi connectivity index (χ0n) is 14.4. The van der Waals surface area contributed by atoms with Crippen molar-refractivity contribution < 1.29 is 9.53 Å². The summed E-state index contributed by atoms with van der Waals surface area (Å²) >= 11 is 6.74. The van der Waals surface area contributed by atoms with Gasteiger partial charge >= 0.3 is 0 Å². The number of carbonyl (C=O) groups is 1. The third kappa shape index (κ3) is 3.62. The van der Waals surface area contributed by atoms with E-state index in [-0.39, 0.29) is 5.91 Å². The lowest BCUT2D eigenvalue weighted by molar-refractivity contribution is -0.113. The number of carbonyl (C=O) groups excluding carboxylic acids is 1. The van der Waals surface area contributed by atoms with Crippen LogP contribution in [0.2, 0.25) is 0 Å². The van der Waals surface area contributed by atoms with Gasteiger partial charge < -0.3 is 4.74 Å². The summed E-state index contributed by atoms with van der Waals surface area (Å²) in [6.45, 7) is 4.32. The van der Waals surface area contributed by atoms with Gasteiger partial charge in [0.05, 0.1) is 17.7 Å². The van der Waals surface area contributed by atoms with Crippen molar-refractivity contribution in [1.82, 2.24) is 0 Å². The number of thioether (sulfide) groups is 1. The number of amides is 1. The molecule has 25 heavy (non-hydrogen) atoms. The number of hydrogen-bond donors (Lipinski definition) is 0. The lowest BCUT2D eigenvalue weighted by atomic mass is 10.0. The van der Waals surface area contributed by atoms with E-state index >= 15 is 0 Å². The van der Waals surface area contributed by atoms with Gasteiger partial charge in [0, 0.05) is 0 Å². The minimum absolute atomic E-state index is 0.118. The molecule has 0 bridgehead atoms. The van der Waals surface area contributed by atoms with E-state index in [1.807, 2.05) is 42.5 Å². The first-order valence-electron chi connectivity index (χ1n) is 8.02. The largest absolute Gasteiger partial charge is 0.495 e. The molecule has 0 aromatic heterocycles. The molecule has 0 N–H and O–H groups in total. The Hall–Kier alpha value is -2.11. The first-order chi connectivity index (χ1) is 12.0. The van der Waals surface area contributed by atoms with Crippen LogP contribution in [0.4, 0.5) is 5.69 Å². The van der Waals surface area contributed by atoms with Gasteiger partial charge in [-0.05, 0) is 35.3 Å². The molecule has 0 spiro atoms. The topological polar surface area (TPSA) is 29.5 Å². The minimum Gasteiger partial charge on any atom is -0.495 e. The molecule has 0 atom stereocenters. The molecule has 1 amide bonds. The molecule has 0 radical (unpaired) electrons. The summed E-state index contributed by atoms with van der Waals surface area (Å²) in [5.74, 6) is 0.992. The standard InChI is InChI=1S/C20H19NO2S2/c1-13(2)15-10-8-14(9-11-15)12-18-19(22)21(20(24)25-18)16-6-4-5-7-17(16)23-3/h4-13H,1-3H3. The fraction of sp³-hybridized carbons (Fsp3) is 0.200. The summed E-state index contributed by atoms with van der Waals surface area (Å²) in [7, 11) is 1.59. The van der Waals surface area contributed by atoms with Crippen LogP contribution in [0.5, 0.6) is 5.75 Å². The third-order valence-electron chi connectivity index (χ3n) is 4.02.